The van der Waals surface area contributed by atoms with Crippen molar-refractivity contribution in [1.82, 2.24) is 36.2 Å². The van der Waals surface area contributed by atoms with Crippen LogP contribution in [0.3, 0.4) is 0 Å². The first kappa shape index (κ1) is 34.1. The molecular weight excluding hydrogens is 635 g/mol. The number of nitrogens with one attached hydrogen (secondary N) is 5. The number of carbonyl (C=O) groups excluding carboxylic acids is 2. The molecule has 9 heteroatoms. The minimum Gasteiger partial charge on any atom is -0.361 e. The van der Waals surface area contributed by atoms with Crippen LogP contribution in [0.1, 0.15) is 70.2 Å². The summed E-state index contributed by atoms with van der Waals surface area (Å²) in [6.07, 6.45) is 10.8. The number of rotatable bonds is 15. The molecule has 3 aromatic carbocycles. The Bertz CT molecular complexity index is 2090. The lowest BCUT2D eigenvalue weighted by molar-refractivity contribution is -0.123. The van der Waals surface area contributed by atoms with E-state index in [1.807, 2.05) is 91.3 Å². The van der Waals surface area contributed by atoms with Gasteiger partial charge in [0.1, 0.15) is 6.04 Å². The van der Waals surface area contributed by atoms with Gasteiger partial charge < -0.3 is 26.3 Å². The van der Waals surface area contributed by atoms with Gasteiger partial charge in [0.05, 0.1) is 11.4 Å². The van der Waals surface area contributed by atoms with Crippen LogP contribution in [0.25, 0.3) is 21.7 Å². The Labute approximate surface area is 298 Å². The fourth-order valence-corrected chi connectivity index (χ4v) is 7.22. The third kappa shape index (κ3) is 8.33. The fourth-order valence-electron chi connectivity index (χ4n) is 7.22. The van der Waals surface area contributed by atoms with Gasteiger partial charge in [-0.15, -0.1) is 0 Å². The SMILES string of the molecule is O=C(N[C@@H](CCCNC1CCCc2cccnc21)C(=O)NCCc1c[nH]c2ccccc12)c1ccc(CNCc2ccccn2)c2ccccc12. The number of nitrogens with zero attached hydrogens (tertiary/aromatic N) is 2. The number of aromatic amines is 1. The molecule has 7 rings (SSSR count). The van der Waals surface area contributed by atoms with E-state index in [0.29, 0.717) is 38.0 Å². The van der Waals surface area contributed by atoms with E-state index >= 15 is 0 Å². The van der Waals surface area contributed by atoms with Crippen molar-refractivity contribution in [3.05, 3.63) is 143 Å². The number of aromatic nitrogens is 3. The first-order valence-corrected chi connectivity index (χ1v) is 18.1. The Morgan fingerprint density at radius 1 is 0.804 bits per heavy atom. The van der Waals surface area contributed by atoms with Crippen molar-refractivity contribution in [1.29, 1.82) is 0 Å². The summed E-state index contributed by atoms with van der Waals surface area (Å²) < 4.78 is 0. The number of hydrogen-bond donors (Lipinski definition) is 5. The molecule has 1 aliphatic rings. The van der Waals surface area contributed by atoms with Crippen molar-refractivity contribution in [3.8, 4) is 0 Å². The quantitative estimate of drug-likeness (QED) is 0.0812. The smallest absolute Gasteiger partial charge is 0.252 e. The van der Waals surface area contributed by atoms with E-state index in [-0.39, 0.29) is 17.9 Å². The van der Waals surface area contributed by atoms with Gasteiger partial charge in [-0.1, -0.05) is 60.7 Å². The topological polar surface area (TPSA) is 124 Å². The molecule has 0 saturated heterocycles. The lowest BCUT2D eigenvalue weighted by Crippen LogP contribution is -2.47. The van der Waals surface area contributed by atoms with Crippen LogP contribution in [0.5, 0.6) is 0 Å². The summed E-state index contributed by atoms with van der Waals surface area (Å²) in [4.78, 5) is 40.1. The highest BCUT2D eigenvalue weighted by molar-refractivity contribution is 6.09. The van der Waals surface area contributed by atoms with E-state index in [0.717, 1.165) is 76.4 Å². The van der Waals surface area contributed by atoms with Gasteiger partial charge in [-0.25, -0.2) is 0 Å². The van der Waals surface area contributed by atoms with Gasteiger partial charge in [0.15, 0.2) is 0 Å². The van der Waals surface area contributed by atoms with Gasteiger partial charge in [-0.3, -0.25) is 19.6 Å². The highest BCUT2D eigenvalue weighted by Gasteiger charge is 2.24. The molecule has 6 aromatic rings. The van der Waals surface area contributed by atoms with Crippen LogP contribution in [0.15, 0.2) is 110 Å². The molecule has 3 aromatic heterocycles. The molecule has 0 aliphatic heterocycles. The van der Waals surface area contributed by atoms with E-state index in [9.17, 15) is 9.59 Å². The molecular formula is C42H45N7O2. The number of carbonyl (C=O) groups is 2. The summed E-state index contributed by atoms with van der Waals surface area (Å²) in [5.41, 5.74) is 7.29. The van der Waals surface area contributed by atoms with Gasteiger partial charge in [0, 0.05) is 60.7 Å². The van der Waals surface area contributed by atoms with Crippen LogP contribution in [-0.4, -0.2) is 45.9 Å². The number of H-pyrrole nitrogens is 1. The molecule has 0 fully saturated rings. The average Bonchev–Trinajstić information content (AvgIpc) is 3.59. The summed E-state index contributed by atoms with van der Waals surface area (Å²) in [7, 11) is 0. The number of pyridine rings is 2. The van der Waals surface area contributed by atoms with Crippen molar-refractivity contribution >= 4 is 33.5 Å². The number of aryl methyl sites for hydroxylation is 1. The standard InChI is InChI=1S/C42H45N7O2/c50-41(36-20-19-30(33-13-1-2-15-35(33)36)26-43-28-32-12-5-6-22-44-32)49-39(18-9-23-45-38-17-7-10-29-11-8-24-46-40(29)38)42(51)47-25-21-31-27-48-37-16-4-3-14-34(31)37/h1-6,8,11-16,19-20,22,24,27,38-39,43,45,48H,7,9-10,17-18,21,23,25-26,28H2,(H,47,51)(H,49,50)/t38?,39-/m0/s1. The Balaban J connectivity index is 1.02. The predicted molar refractivity (Wildman–Crippen MR) is 202 cm³/mol. The molecule has 5 N–H and O–H groups in total. The van der Waals surface area contributed by atoms with Gasteiger partial charge in [-0.2, -0.15) is 0 Å². The van der Waals surface area contributed by atoms with E-state index < -0.39 is 6.04 Å². The van der Waals surface area contributed by atoms with Crippen LogP contribution < -0.4 is 21.3 Å². The lowest BCUT2D eigenvalue weighted by atomic mass is 9.92. The third-order valence-corrected chi connectivity index (χ3v) is 9.85. The molecule has 9 nitrogen and oxygen atoms in total. The fraction of sp³-hybridized carbons (Fsp3) is 0.286. The molecule has 0 saturated carbocycles. The zero-order valence-corrected chi connectivity index (χ0v) is 28.8. The Hall–Kier alpha value is -5.38. The van der Waals surface area contributed by atoms with Crippen LogP contribution in [0.2, 0.25) is 0 Å². The summed E-state index contributed by atoms with van der Waals surface area (Å²) in [5, 5.41) is 16.4. The third-order valence-electron chi connectivity index (χ3n) is 9.85. The van der Waals surface area contributed by atoms with Crippen LogP contribution in [0.4, 0.5) is 0 Å². The largest absolute Gasteiger partial charge is 0.361 e. The summed E-state index contributed by atoms with van der Waals surface area (Å²) >= 11 is 0. The van der Waals surface area contributed by atoms with Crippen LogP contribution in [0, 0.1) is 0 Å². The first-order valence-electron chi connectivity index (χ1n) is 18.1. The summed E-state index contributed by atoms with van der Waals surface area (Å²) in [5.74, 6) is -0.429. The average molecular weight is 680 g/mol. The molecule has 2 atom stereocenters. The van der Waals surface area contributed by atoms with Crippen molar-refractivity contribution < 1.29 is 9.59 Å². The summed E-state index contributed by atoms with van der Waals surface area (Å²) in [6.45, 7) is 2.47. The van der Waals surface area contributed by atoms with E-state index in [1.54, 1.807) is 6.20 Å². The van der Waals surface area contributed by atoms with Gasteiger partial charge in [-0.05, 0) is 103 Å². The number of amides is 2. The second-order valence-corrected chi connectivity index (χ2v) is 13.3. The molecule has 260 valence electrons. The second kappa shape index (κ2) is 16.6. The number of benzene rings is 3. The Kier molecular flexibility index (Phi) is 11.1. The van der Waals surface area contributed by atoms with Gasteiger partial charge >= 0.3 is 0 Å². The van der Waals surface area contributed by atoms with Gasteiger partial charge in [0.2, 0.25) is 5.91 Å². The highest BCUT2D eigenvalue weighted by atomic mass is 16.2. The first-order chi connectivity index (χ1) is 25.1. The van der Waals surface area contributed by atoms with Crippen molar-refractivity contribution in [2.45, 2.75) is 63.7 Å². The molecule has 1 unspecified atom stereocenters. The summed E-state index contributed by atoms with van der Waals surface area (Å²) in [6, 6.07) is 29.6. The van der Waals surface area contributed by atoms with Crippen LogP contribution in [-0.2, 0) is 30.7 Å². The van der Waals surface area contributed by atoms with Crippen molar-refractivity contribution in [3.63, 3.8) is 0 Å². The monoisotopic (exact) mass is 679 g/mol. The van der Waals surface area contributed by atoms with E-state index in [4.69, 9.17) is 0 Å². The van der Waals surface area contributed by atoms with E-state index in [1.165, 1.54) is 5.56 Å². The predicted octanol–water partition coefficient (Wildman–Crippen LogP) is 6.31. The van der Waals surface area contributed by atoms with Crippen molar-refractivity contribution in [2.24, 2.45) is 0 Å². The minimum atomic E-state index is -0.683. The zero-order valence-electron chi connectivity index (χ0n) is 28.8. The molecule has 0 spiro atoms. The molecule has 3 heterocycles. The maximum absolute atomic E-state index is 14.0. The highest BCUT2D eigenvalue weighted by Crippen LogP contribution is 2.28. The lowest BCUT2D eigenvalue weighted by Gasteiger charge is -2.25. The Morgan fingerprint density at radius 3 is 2.51 bits per heavy atom. The maximum atomic E-state index is 14.0. The number of para-hydroxylation sites is 1. The van der Waals surface area contributed by atoms with Crippen LogP contribution >= 0.6 is 0 Å². The minimum absolute atomic E-state index is 0.174. The molecule has 2 amide bonds. The molecule has 0 bridgehead atoms. The Morgan fingerprint density at radius 2 is 1.63 bits per heavy atom. The maximum Gasteiger partial charge on any atom is 0.252 e. The second-order valence-electron chi connectivity index (χ2n) is 13.3. The van der Waals surface area contributed by atoms with E-state index in [2.05, 4.69) is 48.4 Å². The zero-order chi connectivity index (χ0) is 34.8. The van der Waals surface area contributed by atoms with Crippen molar-refractivity contribution in [2.75, 3.05) is 13.1 Å². The molecule has 51 heavy (non-hydrogen) atoms. The number of fused-ring (bicyclic) bond motifs is 3. The molecule has 0 radical (unpaired) electrons. The number of hydrogen-bond acceptors (Lipinski definition) is 6. The normalized spacial score (nSPS) is 14.6. The molecule has 1 aliphatic carbocycles. The van der Waals surface area contributed by atoms with Gasteiger partial charge in [0.25, 0.3) is 5.91 Å².